The zero-order valence-corrected chi connectivity index (χ0v) is 17.1. The van der Waals surface area contributed by atoms with Crippen molar-refractivity contribution in [2.45, 2.75) is 51.0 Å². The lowest BCUT2D eigenvalue weighted by atomic mass is 9.68. The second-order valence-corrected chi connectivity index (χ2v) is 8.49. The molecule has 0 aliphatic carbocycles. The molecule has 6 nitrogen and oxygen atoms in total. The zero-order valence-electron chi connectivity index (χ0n) is 15.4. The molecule has 1 saturated heterocycles. The van der Waals surface area contributed by atoms with Gasteiger partial charge in [0.1, 0.15) is 12.1 Å². The third-order valence-electron chi connectivity index (χ3n) is 4.79. The predicted molar refractivity (Wildman–Crippen MR) is 108 cm³/mol. The van der Waals surface area contributed by atoms with Gasteiger partial charge in [0.15, 0.2) is 0 Å². The van der Waals surface area contributed by atoms with Crippen LogP contribution in [0.1, 0.15) is 26.7 Å². The van der Waals surface area contributed by atoms with Gasteiger partial charge in [0.05, 0.1) is 18.8 Å². The standard InChI is InChI=1S/C18H31NO5S2/c1-4-5-6-7-8-18(2,3)15-14(11-26-10-12(19)17(21)22)23-9-13(24-25)16(15)20/h4-6,12-16,20,25H,1,7-11,19H2,2-3H3,(H,21,22)/b6-5-. The molecule has 1 rings (SSSR count). The highest BCUT2D eigenvalue weighted by Crippen LogP contribution is 2.42. The number of allylic oxidation sites excluding steroid dienone is 3. The van der Waals surface area contributed by atoms with Crippen molar-refractivity contribution in [1.29, 1.82) is 0 Å². The third-order valence-corrected chi connectivity index (χ3v) is 6.22. The van der Waals surface area contributed by atoms with Gasteiger partial charge >= 0.3 is 5.97 Å². The van der Waals surface area contributed by atoms with Crippen molar-refractivity contribution >= 4 is 30.6 Å². The molecule has 0 bridgehead atoms. The Morgan fingerprint density at radius 3 is 2.85 bits per heavy atom. The maximum atomic E-state index is 10.9. The molecule has 0 radical (unpaired) electrons. The van der Waals surface area contributed by atoms with Crippen molar-refractivity contribution in [2.75, 3.05) is 18.1 Å². The summed E-state index contributed by atoms with van der Waals surface area (Å²) < 4.78 is 11.0. The molecule has 0 amide bonds. The van der Waals surface area contributed by atoms with Crippen LogP contribution in [0.2, 0.25) is 0 Å². The van der Waals surface area contributed by atoms with E-state index in [1.165, 1.54) is 11.8 Å². The molecule has 1 aliphatic rings. The Bertz CT molecular complexity index is 486. The number of carboxylic acid groups (broad SMARTS) is 1. The largest absolute Gasteiger partial charge is 0.480 e. The van der Waals surface area contributed by atoms with Gasteiger partial charge in [0.2, 0.25) is 0 Å². The van der Waals surface area contributed by atoms with Gasteiger partial charge in [-0.25, -0.2) is 0 Å². The van der Waals surface area contributed by atoms with Crippen LogP contribution in [0, 0.1) is 11.3 Å². The molecule has 5 unspecified atom stereocenters. The number of rotatable bonds is 11. The van der Waals surface area contributed by atoms with Crippen LogP contribution in [0.25, 0.3) is 0 Å². The molecule has 1 heterocycles. The van der Waals surface area contributed by atoms with Crippen LogP contribution >= 0.6 is 24.7 Å². The van der Waals surface area contributed by atoms with Crippen LogP contribution < -0.4 is 5.73 Å². The molecule has 5 atom stereocenters. The average Bonchev–Trinajstić information content (AvgIpc) is 2.58. The Balaban J connectivity index is 2.80. The highest BCUT2D eigenvalue weighted by atomic mass is 32.2. The number of thioether (sulfide) groups is 1. The molecule has 0 saturated carbocycles. The first-order chi connectivity index (χ1) is 12.2. The van der Waals surface area contributed by atoms with E-state index in [0.29, 0.717) is 11.5 Å². The molecule has 150 valence electrons. The Morgan fingerprint density at radius 2 is 2.27 bits per heavy atom. The normalized spacial score (nSPS) is 28.2. The number of nitrogens with two attached hydrogens (primary N) is 1. The number of aliphatic hydroxyl groups excluding tert-OH is 1. The molecule has 0 aromatic heterocycles. The molecule has 0 aromatic rings. The van der Waals surface area contributed by atoms with E-state index in [1.807, 2.05) is 12.2 Å². The Morgan fingerprint density at radius 1 is 1.58 bits per heavy atom. The molecule has 0 spiro atoms. The van der Waals surface area contributed by atoms with Crippen LogP contribution in [-0.4, -0.2) is 58.6 Å². The van der Waals surface area contributed by atoms with Crippen LogP contribution in [0.5, 0.6) is 0 Å². The fourth-order valence-corrected chi connectivity index (χ4v) is 4.53. The molecule has 1 aliphatic heterocycles. The lowest BCUT2D eigenvalue weighted by Gasteiger charge is -2.47. The van der Waals surface area contributed by atoms with E-state index in [2.05, 4.69) is 33.3 Å². The lowest BCUT2D eigenvalue weighted by Crippen LogP contribution is -2.55. The molecule has 8 heteroatoms. The number of carbonyl (C=O) groups is 1. The molecule has 0 aromatic carbocycles. The molecular weight excluding hydrogens is 374 g/mol. The predicted octanol–water partition coefficient (Wildman–Crippen LogP) is 2.29. The van der Waals surface area contributed by atoms with Gasteiger partial charge in [-0.05, 0) is 31.2 Å². The van der Waals surface area contributed by atoms with Crippen LogP contribution in [0.4, 0.5) is 0 Å². The molecule has 4 N–H and O–H groups in total. The maximum absolute atomic E-state index is 10.9. The summed E-state index contributed by atoms with van der Waals surface area (Å²) in [5, 5.41) is 19.7. The summed E-state index contributed by atoms with van der Waals surface area (Å²) in [5.41, 5.74) is 5.35. The number of ether oxygens (including phenoxy) is 1. The van der Waals surface area contributed by atoms with Gasteiger partial charge in [-0.2, -0.15) is 11.8 Å². The quantitative estimate of drug-likeness (QED) is 0.238. The van der Waals surface area contributed by atoms with E-state index in [1.54, 1.807) is 6.08 Å². The number of carboxylic acids is 1. The van der Waals surface area contributed by atoms with Gasteiger partial charge in [-0.15, -0.1) is 0 Å². The van der Waals surface area contributed by atoms with E-state index < -0.39 is 24.2 Å². The number of aliphatic hydroxyl groups is 1. The first-order valence-corrected chi connectivity index (χ1v) is 10.2. The summed E-state index contributed by atoms with van der Waals surface area (Å²) in [6.07, 6.45) is 6.00. The summed E-state index contributed by atoms with van der Waals surface area (Å²) in [4.78, 5) is 10.9. The van der Waals surface area contributed by atoms with E-state index >= 15 is 0 Å². The summed E-state index contributed by atoms with van der Waals surface area (Å²) in [6.45, 7) is 8.13. The topological polar surface area (TPSA) is 102 Å². The van der Waals surface area contributed by atoms with Crippen LogP contribution in [-0.2, 0) is 13.7 Å². The molecule has 1 fully saturated rings. The van der Waals surface area contributed by atoms with E-state index in [4.69, 9.17) is 19.8 Å². The van der Waals surface area contributed by atoms with Crippen molar-refractivity contribution in [3.63, 3.8) is 0 Å². The highest BCUT2D eigenvalue weighted by molar-refractivity contribution is 7.99. The number of hydrogen-bond donors (Lipinski definition) is 4. The Hall–Kier alpha value is -0.510. The minimum absolute atomic E-state index is 0.168. The summed E-state index contributed by atoms with van der Waals surface area (Å²) >= 11 is 5.29. The van der Waals surface area contributed by atoms with E-state index in [0.717, 1.165) is 12.8 Å². The summed E-state index contributed by atoms with van der Waals surface area (Å²) in [6, 6.07) is -0.905. The van der Waals surface area contributed by atoms with Gasteiger partial charge in [0, 0.05) is 17.4 Å². The fraction of sp³-hybridized carbons (Fsp3) is 0.722. The second-order valence-electron chi connectivity index (χ2n) is 7.21. The number of thiol groups is 1. The van der Waals surface area contributed by atoms with Gasteiger partial charge in [0.25, 0.3) is 0 Å². The van der Waals surface area contributed by atoms with E-state index in [9.17, 15) is 9.90 Å². The molecular formula is C18H31NO5S2. The SMILES string of the molecule is C=C/C=C\CCC(C)(C)C1C(CSCC(N)C(=O)O)OCC(OS)C1O. The first-order valence-electron chi connectivity index (χ1n) is 8.68. The van der Waals surface area contributed by atoms with E-state index in [-0.39, 0.29) is 24.0 Å². The van der Waals surface area contributed by atoms with Crippen molar-refractivity contribution in [3.8, 4) is 0 Å². The third kappa shape index (κ3) is 6.90. The van der Waals surface area contributed by atoms with Crippen molar-refractivity contribution < 1.29 is 23.9 Å². The number of aliphatic carboxylic acids is 1. The van der Waals surface area contributed by atoms with Crippen molar-refractivity contribution in [1.82, 2.24) is 0 Å². The van der Waals surface area contributed by atoms with Gasteiger partial charge < -0.3 is 24.9 Å². The van der Waals surface area contributed by atoms with Gasteiger partial charge in [-0.1, -0.05) is 38.7 Å². The minimum atomic E-state index is -1.02. The lowest BCUT2D eigenvalue weighted by molar-refractivity contribution is -0.169. The van der Waals surface area contributed by atoms with Crippen LogP contribution in [0.3, 0.4) is 0 Å². The maximum Gasteiger partial charge on any atom is 0.321 e. The minimum Gasteiger partial charge on any atom is -0.480 e. The fourth-order valence-electron chi connectivity index (χ4n) is 3.28. The summed E-state index contributed by atoms with van der Waals surface area (Å²) in [5.74, 6) is -0.323. The van der Waals surface area contributed by atoms with Crippen molar-refractivity contribution in [3.05, 3.63) is 24.8 Å². The second kappa shape index (κ2) is 11.4. The van der Waals surface area contributed by atoms with Crippen LogP contribution in [0.15, 0.2) is 24.8 Å². The monoisotopic (exact) mass is 405 g/mol. The highest BCUT2D eigenvalue weighted by Gasteiger charge is 2.47. The first kappa shape index (κ1) is 23.5. The zero-order chi connectivity index (χ0) is 19.7. The van der Waals surface area contributed by atoms with Crippen molar-refractivity contribution in [2.24, 2.45) is 17.1 Å². The molecule has 26 heavy (non-hydrogen) atoms. The smallest absolute Gasteiger partial charge is 0.321 e. The number of hydrogen-bond acceptors (Lipinski definition) is 7. The average molecular weight is 406 g/mol. The summed E-state index contributed by atoms with van der Waals surface area (Å²) in [7, 11) is 0. The Kier molecular flexibility index (Phi) is 10.3. The van der Waals surface area contributed by atoms with Gasteiger partial charge in [-0.3, -0.25) is 4.79 Å². The Labute approximate surface area is 165 Å².